The van der Waals surface area contributed by atoms with Crippen molar-refractivity contribution in [3.63, 3.8) is 0 Å². The van der Waals surface area contributed by atoms with Crippen LogP contribution in [0.5, 0.6) is 0 Å². The molecule has 1 amide bonds. The predicted molar refractivity (Wildman–Crippen MR) is 89.7 cm³/mol. The number of benzene rings is 2. The van der Waals surface area contributed by atoms with Crippen LogP contribution in [0.2, 0.25) is 0 Å². The molecule has 2 aromatic carbocycles. The first-order valence-electron chi connectivity index (χ1n) is 7.62. The highest BCUT2D eigenvalue weighted by Gasteiger charge is 2.12. The highest BCUT2D eigenvalue weighted by Crippen LogP contribution is 2.29. The molecule has 3 aromatic rings. The Hall–Kier alpha value is -2.82. The maximum Gasteiger partial charge on any atom is 0.305 e. The molecule has 1 heterocycles. The van der Waals surface area contributed by atoms with Gasteiger partial charge in [-0.25, -0.2) is 0 Å². The lowest BCUT2D eigenvalue weighted by Crippen LogP contribution is -2.25. The second-order valence-corrected chi connectivity index (χ2v) is 5.39. The van der Waals surface area contributed by atoms with E-state index in [4.69, 9.17) is 5.11 Å². The molecule has 0 saturated carbocycles. The van der Waals surface area contributed by atoms with E-state index in [1.54, 1.807) is 6.07 Å². The summed E-state index contributed by atoms with van der Waals surface area (Å²) in [6, 6.07) is 13.7. The second-order valence-electron chi connectivity index (χ2n) is 5.39. The number of carbonyl (C=O) groups excluding carboxylic acids is 1. The van der Waals surface area contributed by atoms with E-state index in [2.05, 4.69) is 28.9 Å². The fourth-order valence-corrected chi connectivity index (χ4v) is 2.92. The van der Waals surface area contributed by atoms with Crippen LogP contribution in [-0.2, 0) is 11.3 Å². The summed E-state index contributed by atoms with van der Waals surface area (Å²) in [5, 5.41) is 13.4. The third-order valence-corrected chi connectivity index (χ3v) is 3.98. The first-order chi connectivity index (χ1) is 11.1. The van der Waals surface area contributed by atoms with E-state index in [0.29, 0.717) is 5.56 Å². The standard InChI is InChI=1S/C18H18N2O3/c1-2-20-15-6-4-3-5-13(15)14-11-12(7-8-16(14)20)18(23)19-10-9-17(21)22/h3-8,11H,2,9-10H2,1H3,(H,19,23)(H,21,22). The number of carboxylic acid groups (broad SMARTS) is 1. The minimum absolute atomic E-state index is 0.0802. The average molecular weight is 310 g/mol. The van der Waals surface area contributed by atoms with Gasteiger partial charge in [0.1, 0.15) is 0 Å². The summed E-state index contributed by atoms with van der Waals surface area (Å²) in [6.07, 6.45) is -0.0802. The lowest BCUT2D eigenvalue weighted by Gasteiger charge is -2.05. The van der Waals surface area contributed by atoms with Crippen LogP contribution in [0.15, 0.2) is 42.5 Å². The van der Waals surface area contributed by atoms with Gasteiger partial charge in [0.2, 0.25) is 0 Å². The molecule has 0 unspecified atom stereocenters. The zero-order chi connectivity index (χ0) is 16.4. The lowest BCUT2D eigenvalue weighted by molar-refractivity contribution is -0.136. The van der Waals surface area contributed by atoms with E-state index in [9.17, 15) is 9.59 Å². The van der Waals surface area contributed by atoms with Crippen LogP contribution in [0, 0.1) is 0 Å². The summed E-state index contributed by atoms with van der Waals surface area (Å²) in [5.74, 6) is -1.17. The van der Waals surface area contributed by atoms with E-state index >= 15 is 0 Å². The number of hydrogen-bond acceptors (Lipinski definition) is 2. The molecule has 0 aliphatic heterocycles. The summed E-state index contributed by atoms with van der Waals surface area (Å²) >= 11 is 0. The van der Waals surface area contributed by atoms with E-state index in [1.807, 2.05) is 24.3 Å². The zero-order valence-electron chi connectivity index (χ0n) is 12.9. The lowest BCUT2D eigenvalue weighted by atomic mass is 10.1. The molecule has 0 spiro atoms. The Morgan fingerprint density at radius 3 is 2.57 bits per heavy atom. The molecule has 0 saturated heterocycles. The monoisotopic (exact) mass is 310 g/mol. The van der Waals surface area contributed by atoms with Gasteiger partial charge in [0.05, 0.1) is 6.42 Å². The number of aliphatic carboxylic acids is 1. The van der Waals surface area contributed by atoms with Crippen LogP contribution in [-0.4, -0.2) is 28.1 Å². The van der Waals surface area contributed by atoms with Crippen molar-refractivity contribution in [1.29, 1.82) is 0 Å². The fraction of sp³-hybridized carbons (Fsp3) is 0.222. The second kappa shape index (κ2) is 6.12. The van der Waals surface area contributed by atoms with Gasteiger partial charge < -0.3 is 15.0 Å². The Labute approximate surface area is 133 Å². The van der Waals surface area contributed by atoms with Gasteiger partial charge in [-0.2, -0.15) is 0 Å². The number of nitrogens with one attached hydrogen (secondary N) is 1. The molecule has 0 bridgehead atoms. The van der Waals surface area contributed by atoms with Gasteiger partial charge in [0.25, 0.3) is 5.91 Å². The van der Waals surface area contributed by atoms with E-state index in [-0.39, 0.29) is 18.9 Å². The Kier molecular flexibility index (Phi) is 4.02. The smallest absolute Gasteiger partial charge is 0.305 e. The molecule has 3 rings (SSSR count). The topological polar surface area (TPSA) is 71.3 Å². The van der Waals surface area contributed by atoms with Gasteiger partial charge in [-0.15, -0.1) is 0 Å². The Balaban J connectivity index is 2.00. The van der Waals surface area contributed by atoms with Crippen LogP contribution < -0.4 is 5.32 Å². The van der Waals surface area contributed by atoms with Gasteiger partial charge in [-0.05, 0) is 31.2 Å². The minimum atomic E-state index is -0.924. The molecule has 5 nitrogen and oxygen atoms in total. The molecule has 0 fully saturated rings. The van der Waals surface area contributed by atoms with Crippen molar-refractivity contribution >= 4 is 33.7 Å². The van der Waals surface area contributed by atoms with Crippen molar-refractivity contribution in [2.75, 3.05) is 6.54 Å². The molecule has 0 atom stereocenters. The van der Waals surface area contributed by atoms with Crippen molar-refractivity contribution in [3.8, 4) is 0 Å². The number of rotatable bonds is 5. The Morgan fingerprint density at radius 2 is 1.83 bits per heavy atom. The van der Waals surface area contributed by atoms with Crippen LogP contribution in [0.1, 0.15) is 23.7 Å². The molecule has 2 N–H and O–H groups in total. The van der Waals surface area contributed by atoms with Crippen molar-refractivity contribution < 1.29 is 14.7 Å². The molecule has 23 heavy (non-hydrogen) atoms. The molecule has 5 heteroatoms. The summed E-state index contributed by atoms with van der Waals surface area (Å²) in [5.41, 5.74) is 2.78. The molecule has 0 radical (unpaired) electrons. The SMILES string of the molecule is CCn1c2ccccc2c2cc(C(=O)NCCC(=O)O)ccc21. The maximum atomic E-state index is 12.2. The number of para-hydroxylation sites is 1. The summed E-state index contributed by atoms with van der Waals surface area (Å²) < 4.78 is 2.22. The first-order valence-corrected chi connectivity index (χ1v) is 7.62. The number of amides is 1. The number of aromatic nitrogens is 1. The first kappa shape index (κ1) is 15.1. The van der Waals surface area contributed by atoms with E-state index in [0.717, 1.165) is 28.4 Å². The minimum Gasteiger partial charge on any atom is -0.481 e. The van der Waals surface area contributed by atoms with Gasteiger partial charge in [-0.1, -0.05) is 18.2 Å². The Morgan fingerprint density at radius 1 is 1.09 bits per heavy atom. The third-order valence-electron chi connectivity index (χ3n) is 3.98. The molecule has 0 aliphatic rings. The van der Waals surface area contributed by atoms with E-state index < -0.39 is 5.97 Å². The fourth-order valence-electron chi connectivity index (χ4n) is 2.92. The maximum absolute atomic E-state index is 12.2. The van der Waals surface area contributed by atoms with Crippen molar-refractivity contribution in [1.82, 2.24) is 9.88 Å². The van der Waals surface area contributed by atoms with E-state index in [1.165, 1.54) is 0 Å². The predicted octanol–water partition coefficient (Wildman–Crippen LogP) is 3.02. The number of carbonyl (C=O) groups is 2. The molecule has 118 valence electrons. The number of carboxylic acids is 1. The molecule has 1 aromatic heterocycles. The number of nitrogens with zero attached hydrogens (tertiary/aromatic N) is 1. The van der Waals surface area contributed by atoms with Gasteiger partial charge in [0.15, 0.2) is 0 Å². The molecule has 0 aliphatic carbocycles. The van der Waals surface area contributed by atoms with Crippen LogP contribution in [0.25, 0.3) is 21.8 Å². The average Bonchev–Trinajstić information content (AvgIpc) is 2.87. The largest absolute Gasteiger partial charge is 0.481 e. The normalized spacial score (nSPS) is 11.0. The number of fused-ring (bicyclic) bond motifs is 3. The number of hydrogen-bond donors (Lipinski definition) is 2. The highest BCUT2D eigenvalue weighted by atomic mass is 16.4. The van der Waals surface area contributed by atoms with Crippen molar-refractivity contribution in [2.45, 2.75) is 19.9 Å². The van der Waals surface area contributed by atoms with Crippen molar-refractivity contribution in [3.05, 3.63) is 48.0 Å². The van der Waals surface area contributed by atoms with Gasteiger partial charge in [-0.3, -0.25) is 9.59 Å². The van der Waals surface area contributed by atoms with Crippen LogP contribution >= 0.6 is 0 Å². The van der Waals surface area contributed by atoms with Crippen LogP contribution in [0.4, 0.5) is 0 Å². The Bertz CT molecular complexity index is 896. The van der Waals surface area contributed by atoms with Gasteiger partial charge >= 0.3 is 5.97 Å². The van der Waals surface area contributed by atoms with Crippen LogP contribution in [0.3, 0.4) is 0 Å². The van der Waals surface area contributed by atoms with Crippen molar-refractivity contribution in [2.24, 2.45) is 0 Å². The quantitative estimate of drug-likeness (QED) is 0.761. The molecular weight excluding hydrogens is 292 g/mol. The number of aryl methyl sites for hydroxylation is 1. The third kappa shape index (κ3) is 2.77. The van der Waals surface area contributed by atoms with Gasteiger partial charge in [0, 0.05) is 40.5 Å². The summed E-state index contributed by atoms with van der Waals surface area (Å²) in [7, 11) is 0. The summed E-state index contributed by atoms with van der Waals surface area (Å²) in [4.78, 5) is 22.7. The molecular formula is C18H18N2O3. The zero-order valence-corrected chi connectivity index (χ0v) is 12.9. The highest BCUT2D eigenvalue weighted by molar-refractivity contribution is 6.10. The summed E-state index contributed by atoms with van der Waals surface area (Å²) in [6.45, 7) is 3.08.